The van der Waals surface area contributed by atoms with Crippen molar-refractivity contribution in [3.63, 3.8) is 0 Å². The van der Waals surface area contributed by atoms with E-state index in [1.165, 1.54) is 12.8 Å². The van der Waals surface area contributed by atoms with Crippen LogP contribution in [-0.4, -0.2) is 6.04 Å². The number of hydrogen-bond donors (Lipinski definition) is 1. The molecule has 0 radical (unpaired) electrons. The van der Waals surface area contributed by atoms with E-state index in [0.717, 1.165) is 28.6 Å². The highest BCUT2D eigenvalue weighted by molar-refractivity contribution is 6.33. The molecule has 1 unspecified atom stereocenters. The van der Waals surface area contributed by atoms with Crippen LogP contribution in [0.25, 0.3) is 0 Å². The molecule has 0 spiro atoms. The number of nitrogens with two attached hydrogens (primary N) is 1. The second kappa shape index (κ2) is 5.51. The Bertz CT molecular complexity index is 576. The van der Waals surface area contributed by atoms with Gasteiger partial charge in [0, 0.05) is 12.1 Å². The Labute approximate surface area is 124 Å². The third kappa shape index (κ3) is 2.84. The topological polar surface area (TPSA) is 42.4 Å². The molecule has 2 aromatic rings. The summed E-state index contributed by atoms with van der Waals surface area (Å²) < 4.78 is 5.46. The fourth-order valence-electron chi connectivity index (χ4n) is 2.41. The number of anilines is 1. The number of hydrogen-bond acceptors (Lipinski definition) is 3. The van der Waals surface area contributed by atoms with Crippen LogP contribution in [0.15, 0.2) is 41.0 Å². The van der Waals surface area contributed by atoms with Gasteiger partial charge in [0.05, 0.1) is 23.5 Å². The SMILES string of the molecule is CC(N)c1ccc(N(Cc2ccco2)C2CC2)c(Cl)c1. The largest absolute Gasteiger partial charge is 0.467 e. The normalized spacial score (nSPS) is 16.1. The molecule has 0 bridgehead atoms. The number of rotatable bonds is 5. The van der Waals surface area contributed by atoms with Crippen LogP contribution in [0.5, 0.6) is 0 Å². The highest BCUT2D eigenvalue weighted by Gasteiger charge is 2.31. The maximum absolute atomic E-state index is 6.45. The van der Waals surface area contributed by atoms with Crippen LogP contribution in [0.3, 0.4) is 0 Å². The Morgan fingerprint density at radius 3 is 2.75 bits per heavy atom. The van der Waals surface area contributed by atoms with E-state index in [2.05, 4.69) is 17.0 Å². The van der Waals surface area contributed by atoms with Crippen molar-refractivity contribution < 1.29 is 4.42 Å². The zero-order valence-corrected chi connectivity index (χ0v) is 12.3. The van der Waals surface area contributed by atoms with Crippen LogP contribution in [0.1, 0.15) is 37.1 Å². The second-order valence-electron chi connectivity index (χ2n) is 5.44. The van der Waals surface area contributed by atoms with E-state index in [9.17, 15) is 0 Å². The molecule has 1 fully saturated rings. The van der Waals surface area contributed by atoms with Gasteiger partial charge in [-0.2, -0.15) is 0 Å². The minimum absolute atomic E-state index is 0.000925. The third-order valence-electron chi connectivity index (χ3n) is 3.70. The average molecular weight is 291 g/mol. The maximum atomic E-state index is 6.45. The van der Waals surface area contributed by atoms with E-state index in [0.29, 0.717) is 6.04 Å². The summed E-state index contributed by atoms with van der Waals surface area (Å²) in [5, 5.41) is 0.762. The molecule has 1 atom stereocenters. The molecule has 20 heavy (non-hydrogen) atoms. The Morgan fingerprint density at radius 1 is 1.40 bits per heavy atom. The molecule has 2 N–H and O–H groups in total. The van der Waals surface area contributed by atoms with E-state index in [-0.39, 0.29) is 6.04 Å². The lowest BCUT2D eigenvalue weighted by Crippen LogP contribution is -2.25. The van der Waals surface area contributed by atoms with Gasteiger partial charge < -0.3 is 15.1 Å². The highest BCUT2D eigenvalue weighted by atomic mass is 35.5. The Balaban J connectivity index is 1.87. The summed E-state index contributed by atoms with van der Waals surface area (Å²) in [6, 6.07) is 10.6. The monoisotopic (exact) mass is 290 g/mol. The minimum Gasteiger partial charge on any atom is -0.467 e. The fourth-order valence-corrected chi connectivity index (χ4v) is 2.70. The van der Waals surface area contributed by atoms with Crippen molar-refractivity contribution in [3.8, 4) is 0 Å². The lowest BCUT2D eigenvalue weighted by molar-refractivity contribution is 0.501. The predicted molar refractivity (Wildman–Crippen MR) is 82.0 cm³/mol. The van der Waals surface area contributed by atoms with Gasteiger partial charge in [0.15, 0.2) is 0 Å². The average Bonchev–Trinajstić information content (AvgIpc) is 3.14. The van der Waals surface area contributed by atoms with Crippen molar-refractivity contribution in [2.45, 2.75) is 38.4 Å². The van der Waals surface area contributed by atoms with Gasteiger partial charge in [-0.1, -0.05) is 17.7 Å². The molecule has 1 saturated carbocycles. The van der Waals surface area contributed by atoms with Crippen LogP contribution >= 0.6 is 11.6 Å². The first kappa shape index (κ1) is 13.5. The lowest BCUT2D eigenvalue weighted by atomic mass is 10.1. The van der Waals surface area contributed by atoms with Gasteiger partial charge in [-0.25, -0.2) is 0 Å². The van der Waals surface area contributed by atoms with Gasteiger partial charge in [-0.15, -0.1) is 0 Å². The summed E-state index contributed by atoms with van der Waals surface area (Å²) in [6.07, 6.45) is 4.14. The molecule has 4 heteroatoms. The molecule has 1 aromatic carbocycles. The lowest BCUT2D eigenvalue weighted by Gasteiger charge is -2.25. The summed E-state index contributed by atoms with van der Waals surface area (Å²) in [5.74, 6) is 0.962. The molecule has 0 saturated heterocycles. The highest BCUT2D eigenvalue weighted by Crippen LogP contribution is 2.37. The summed E-state index contributed by atoms with van der Waals surface area (Å²) >= 11 is 6.45. The molecule has 1 aliphatic rings. The van der Waals surface area contributed by atoms with Crippen LogP contribution in [0.4, 0.5) is 5.69 Å². The Morgan fingerprint density at radius 2 is 2.20 bits per heavy atom. The number of benzene rings is 1. The Kier molecular flexibility index (Phi) is 3.72. The van der Waals surface area contributed by atoms with Crippen molar-refractivity contribution in [1.82, 2.24) is 0 Å². The second-order valence-corrected chi connectivity index (χ2v) is 5.85. The van der Waals surface area contributed by atoms with Crippen molar-refractivity contribution in [1.29, 1.82) is 0 Å². The van der Waals surface area contributed by atoms with Gasteiger partial charge in [0.1, 0.15) is 5.76 Å². The summed E-state index contributed by atoms with van der Waals surface area (Å²) in [5.41, 5.74) is 8.03. The van der Waals surface area contributed by atoms with Gasteiger partial charge in [0.25, 0.3) is 0 Å². The number of halogens is 1. The third-order valence-corrected chi connectivity index (χ3v) is 4.00. The molecule has 1 heterocycles. The number of furan rings is 1. The molecule has 106 valence electrons. The first-order valence-corrected chi connectivity index (χ1v) is 7.37. The molecule has 0 amide bonds. The van der Waals surface area contributed by atoms with Gasteiger partial charge in [0.2, 0.25) is 0 Å². The summed E-state index contributed by atoms with van der Waals surface area (Å²) in [6.45, 7) is 2.72. The molecule has 3 rings (SSSR count). The van der Waals surface area contributed by atoms with Crippen molar-refractivity contribution in [2.75, 3.05) is 4.90 Å². The van der Waals surface area contributed by atoms with E-state index in [1.54, 1.807) is 6.26 Å². The van der Waals surface area contributed by atoms with E-state index in [1.807, 2.05) is 25.1 Å². The summed E-state index contributed by atoms with van der Waals surface area (Å²) in [4.78, 5) is 2.33. The molecule has 1 aliphatic carbocycles. The zero-order chi connectivity index (χ0) is 14.1. The van der Waals surface area contributed by atoms with Crippen LogP contribution < -0.4 is 10.6 Å². The van der Waals surface area contributed by atoms with E-state index >= 15 is 0 Å². The quantitative estimate of drug-likeness (QED) is 0.900. The van der Waals surface area contributed by atoms with E-state index in [4.69, 9.17) is 21.8 Å². The van der Waals surface area contributed by atoms with Crippen molar-refractivity contribution in [2.24, 2.45) is 5.73 Å². The molecule has 3 nitrogen and oxygen atoms in total. The van der Waals surface area contributed by atoms with Crippen LogP contribution in [0.2, 0.25) is 5.02 Å². The Hall–Kier alpha value is -1.45. The fraction of sp³-hybridized carbons (Fsp3) is 0.375. The molecular formula is C16H19ClN2O. The smallest absolute Gasteiger partial charge is 0.123 e. The summed E-state index contributed by atoms with van der Waals surface area (Å²) in [7, 11) is 0. The van der Waals surface area contributed by atoms with Gasteiger partial charge in [-0.05, 0) is 49.6 Å². The zero-order valence-electron chi connectivity index (χ0n) is 11.6. The van der Waals surface area contributed by atoms with Crippen LogP contribution in [-0.2, 0) is 6.54 Å². The standard InChI is InChI=1S/C16H19ClN2O/c1-11(18)12-4-7-16(15(17)9-12)19(13-5-6-13)10-14-3-2-8-20-14/h2-4,7-9,11,13H,5-6,10,18H2,1H3. The van der Waals surface area contributed by atoms with E-state index < -0.39 is 0 Å². The predicted octanol–water partition coefficient (Wildman–Crippen LogP) is 4.12. The first-order chi connectivity index (χ1) is 9.65. The van der Waals surface area contributed by atoms with Crippen molar-refractivity contribution in [3.05, 3.63) is 52.9 Å². The molecule has 0 aliphatic heterocycles. The first-order valence-electron chi connectivity index (χ1n) is 6.99. The number of nitrogens with zero attached hydrogens (tertiary/aromatic N) is 1. The van der Waals surface area contributed by atoms with Gasteiger partial charge >= 0.3 is 0 Å². The van der Waals surface area contributed by atoms with Crippen molar-refractivity contribution >= 4 is 17.3 Å². The molecule has 1 aromatic heterocycles. The van der Waals surface area contributed by atoms with Crippen LogP contribution in [0, 0.1) is 0 Å². The minimum atomic E-state index is 0.000925. The molecular weight excluding hydrogens is 272 g/mol. The van der Waals surface area contributed by atoms with Gasteiger partial charge in [-0.3, -0.25) is 0 Å². The maximum Gasteiger partial charge on any atom is 0.123 e.